The number of hydrogen-bond donors (Lipinski definition) is 1. The largest absolute Gasteiger partial charge is 0.461 e. The fourth-order valence-corrected chi connectivity index (χ4v) is 1.20. The van der Waals surface area contributed by atoms with Crippen LogP contribution in [0.15, 0.2) is 6.07 Å². The molecule has 1 N–H and O–H groups in total. The number of hydrogen-bond acceptors (Lipinski definition) is 2. The standard InChI is InChI=1S/C8H10ClNO2/c1-3-12-8(11)7-6(9)4-5(2)10-7/h4,10H,3H2,1-2H3. The summed E-state index contributed by atoms with van der Waals surface area (Å²) in [6.07, 6.45) is 0. The Morgan fingerprint density at radius 2 is 2.42 bits per heavy atom. The number of rotatable bonds is 2. The molecule has 1 rings (SSSR count). The predicted molar refractivity (Wildman–Crippen MR) is 46.5 cm³/mol. The van der Waals surface area contributed by atoms with Crippen LogP contribution in [0.4, 0.5) is 0 Å². The van der Waals surface area contributed by atoms with Gasteiger partial charge in [0.2, 0.25) is 0 Å². The highest BCUT2D eigenvalue weighted by atomic mass is 35.5. The molecule has 0 bridgehead atoms. The van der Waals surface area contributed by atoms with Gasteiger partial charge in [-0.05, 0) is 19.9 Å². The lowest BCUT2D eigenvalue weighted by Crippen LogP contribution is -2.05. The third kappa shape index (κ3) is 1.80. The lowest BCUT2D eigenvalue weighted by atomic mass is 10.4. The molecule has 4 heteroatoms. The van der Waals surface area contributed by atoms with Crippen LogP contribution in [0.25, 0.3) is 0 Å². The second-order valence-corrected chi connectivity index (χ2v) is 2.80. The molecule has 0 saturated carbocycles. The maximum Gasteiger partial charge on any atom is 0.356 e. The number of carbonyl (C=O) groups is 1. The molecule has 0 aliphatic carbocycles. The molecule has 0 atom stereocenters. The van der Waals surface area contributed by atoms with Gasteiger partial charge >= 0.3 is 5.97 Å². The van der Waals surface area contributed by atoms with Crippen molar-refractivity contribution < 1.29 is 9.53 Å². The summed E-state index contributed by atoms with van der Waals surface area (Å²) >= 11 is 5.74. The SMILES string of the molecule is CCOC(=O)c1[nH]c(C)cc1Cl. The van der Waals surface area contributed by atoms with E-state index in [1.165, 1.54) is 0 Å². The van der Waals surface area contributed by atoms with Gasteiger partial charge in [-0.3, -0.25) is 0 Å². The van der Waals surface area contributed by atoms with Crippen LogP contribution in [0, 0.1) is 6.92 Å². The predicted octanol–water partition coefficient (Wildman–Crippen LogP) is 2.15. The minimum absolute atomic E-state index is 0.330. The van der Waals surface area contributed by atoms with Crippen LogP contribution < -0.4 is 0 Å². The molecule has 0 radical (unpaired) electrons. The fraction of sp³-hybridized carbons (Fsp3) is 0.375. The highest BCUT2D eigenvalue weighted by molar-refractivity contribution is 6.33. The number of ether oxygens (including phenoxy) is 1. The Hall–Kier alpha value is -0.960. The van der Waals surface area contributed by atoms with Crippen molar-refractivity contribution in [3.8, 4) is 0 Å². The van der Waals surface area contributed by atoms with Crippen molar-refractivity contribution in [3.63, 3.8) is 0 Å². The molecule has 0 amide bonds. The Bertz CT molecular complexity index is 293. The van der Waals surface area contributed by atoms with Gasteiger partial charge in [0.25, 0.3) is 0 Å². The molecule has 1 aromatic heterocycles. The van der Waals surface area contributed by atoms with Gasteiger partial charge in [-0.15, -0.1) is 0 Å². The van der Waals surface area contributed by atoms with E-state index < -0.39 is 5.97 Å². The molecular weight excluding hydrogens is 178 g/mol. The third-order valence-corrected chi connectivity index (χ3v) is 1.68. The molecule has 3 nitrogen and oxygen atoms in total. The second kappa shape index (κ2) is 3.63. The molecule has 0 fully saturated rings. The van der Waals surface area contributed by atoms with Crippen molar-refractivity contribution in [3.05, 3.63) is 22.5 Å². The summed E-state index contributed by atoms with van der Waals surface area (Å²) in [6.45, 7) is 3.93. The summed E-state index contributed by atoms with van der Waals surface area (Å²) in [4.78, 5) is 14.0. The minimum Gasteiger partial charge on any atom is -0.461 e. The number of halogens is 1. The lowest BCUT2D eigenvalue weighted by molar-refractivity contribution is 0.0520. The third-order valence-electron chi connectivity index (χ3n) is 1.38. The Kier molecular flexibility index (Phi) is 2.76. The van der Waals surface area contributed by atoms with Gasteiger partial charge in [-0.1, -0.05) is 11.6 Å². The van der Waals surface area contributed by atoms with Crippen molar-refractivity contribution in [1.82, 2.24) is 4.98 Å². The van der Waals surface area contributed by atoms with Gasteiger partial charge in [0.15, 0.2) is 0 Å². The van der Waals surface area contributed by atoms with Gasteiger partial charge in [0.1, 0.15) is 5.69 Å². The van der Waals surface area contributed by atoms with E-state index in [-0.39, 0.29) is 0 Å². The number of esters is 1. The molecule has 1 aromatic rings. The average molecular weight is 188 g/mol. The Balaban J connectivity index is 2.87. The maximum atomic E-state index is 11.1. The van der Waals surface area contributed by atoms with Crippen LogP contribution in [-0.4, -0.2) is 17.6 Å². The van der Waals surface area contributed by atoms with E-state index >= 15 is 0 Å². The number of aromatic nitrogens is 1. The Morgan fingerprint density at radius 1 is 1.75 bits per heavy atom. The fourth-order valence-electron chi connectivity index (χ4n) is 0.907. The molecule has 0 saturated heterocycles. The number of aromatic amines is 1. The lowest BCUT2D eigenvalue weighted by Gasteiger charge is -1.98. The molecule has 0 aliphatic rings. The van der Waals surface area contributed by atoms with Crippen molar-refractivity contribution in [2.75, 3.05) is 6.61 Å². The topological polar surface area (TPSA) is 42.1 Å². The highest BCUT2D eigenvalue weighted by Gasteiger charge is 2.13. The van der Waals surface area contributed by atoms with Gasteiger partial charge in [0.05, 0.1) is 11.6 Å². The van der Waals surface area contributed by atoms with Crippen molar-refractivity contribution in [2.45, 2.75) is 13.8 Å². The zero-order chi connectivity index (χ0) is 9.14. The van der Waals surface area contributed by atoms with Crippen LogP contribution in [0.5, 0.6) is 0 Å². The van der Waals surface area contributed by atoms with Crippen molar-refractivity contribution in [1.29, 1.82) is 0 Å². The molecule has 0 unspecified atom stereocenters. The molecule has 0 aliphatic heterocycles. The van der Waals surface area contributed by atoms with E-state index in [9.17, 15) is 4.79 Å². The quantitative estimate of drug-likeness (QED) is 0.721. The van der Waals surface area contributed by atoms with E-state index in [1.807, 2.05) is 6.92 Å². The summed E-state index contributed by atoms with van der Waals surface area (Å²) < 4.78 is 4.77. The molecular formula is C8H10ClNO2. The van der Waals surface area contributed by atoms with Crippen LogP contribution in [0.1, 0.15) is 23.1 Å². The number of carbonyl (C=O) groups excluding carboxylic acids is 1. The summed E-state index contributed by atoms with van der Waals surface area (Å²) in [5, 5.41) is 0.408. The first kappa shape index (κ1) is 9.13. The first-order valence-electron chi connectivity index (χ1n) is 3.67. The molecule has 0 spiro atoms. The van der Waals surface area contributed by atoms with E-state index in [2.05, 4.69) is 4.98 Å². The van der Waals surface area contributed by atoms with Gasteiger partial charge < -0.3 is 9.72 Å². The highest BCUT2D eigenvalue weighted by Crippen LogP contribution is 2.17. The smallest absolute Gasteiger partial charge is 0.356 e. The molecule has 1 heterocycles. The van der Waals surface area contributed by atoms with E-state index in [0.717, 1.165) is 5.69 Å². The van der Waals surface area contributed by atoms with E-state index in [0.29, 0.717) is 17.3 Å². The van der Waals surface area contributed by atoms with Gasteiger partial charge in [-0.2, -0.15) is 0 Å². The zero-order valence-corrected chi connectivity index (χ0v) is 7.73. The van der Waals surface area contributed by atoms with Crippen LogP contribution in [0.3, 0.4) is 0 Å². The monoisotopic (exact) mass is 187 g/mol. The average Bonchev–Trinajstić information content (AvgIpc) is 2.30. The van der Waals surface area contributed by atoms with E-state index in [1.54, 1.807) is 13.0 Å². The zero-order valence-electron chi connectivity index (χ0n) is 6.98. The van der Waals surface area contributed by atoms with Crippen molar-refractivity contribution in [2.24, 2.45) is 0 Å². The normalized spacial score (nSPS) is 9.92. The summed E-state index contributed by atoms with van der Waals surface area (Å²) in [6, 6.07) is 1.69. The summed E-state index contributed by atoms with van der Waals surface area (Å²) in [5.74, 6) is -0.407. The summed E-state index contributed by atoms with van der Waals surface area (Å²) in [7, 11) is 0. The van der Waals surface area contributed by atoms with Crippen LogP contribution in [-0.2, 0) is 4.74 Å². The van der Waals surface area contributed by atoms with Crippen molar-refractivity contribution >= 4 is 17.6 Å². The Morgan fingerprint density at radius 3 is 2.83 bits per heavy atom. The number of nitrogens with one attached hydrogen (secondary N) is 1. The maximum absolute atomic E-state index is 11.1. The number of H-pyrrole nitrogens is 1. The summed E-state index contributed by atoms with van der Waals surface area (Å²) in [5.41, 5.74) is 1.18. The molecule has 0 aromatic carbocycles. The molecule has 12 heavy (non-hydrogen) atoms. The number of aryl methyl sites for hydroxylation is 1. The van der Waals surface area contributed by atoms with Crippen LogP contribution in [0.2, 0.25) is 5.02 Å². The molecule has 66 valence electrons. The Labute approximate surface area is 75.7 Å². The minimum atomic E-state index is -0.407. The van der Waals surface area contributed by atoms with Crippen LogP contribution >= 0.6 is 11.6 Å². The second-order valence-electron chi connectivity index (χ2n) is 2.40. The van der Waals surface area contributed by atoms with Gasteiger partial charge in [-0.25, -0.2) is 4.79 Å². The van der Waals surface area contributed by atoms with E-state index in [4.69, 9.17) is 16.3 Å². The first-order valence-corrected chi connectivity index (χ1v) is 4.05. The van der Waals surface area contributed by atoms with Gasteiger partial charge in [0, 0.05) is 5.69 Å². The first-order chi connectivity index (χ1) is 5.65.